The van der Waals surface area contributed by atoms with Gasteiger partial charge in [-0.05, 0) is 37.6 Å². The van der Waals surface area contributed by atoms with Crippen LogP contribution in [0.5, 0.6) is 5.75 Å². The molecule has 2 rings (SSSR count). The number of methoxy groups -OCH3 is 1. The van der Waals surface area contributed by atoms with E-state index in [-0.39, 0.29) is 5.78 Å². The summed E-state index contributed by atoms with van der Waals surface area (Å²) in [4.78, 5) is 16.3. The molecule has 0 bridgehead atoms. The van der Waals surface area contributed by atoms with Crippen LogP contribution in [0.15, 0.2) is 36.4 Å². The van der Waals surface area contributed by atoms with Crippen molar-refractivity contribution in [2.45, 2.75) is 26.7 Å². The molecule has 20 heavy (non-hydrogen) atoms. The molecule has 0 saturated heterocycles. The summed E-state index contributed by atoms with van der Waals surface area (Å²) in [7, 11) is 1.64. The number of pyridine rings is 1. The molecule has 3 nitrogen and oxygen atoms in total. The van der Waals surface area contributed by atoms with Crippen LogP contribution in [0.3, 0.4) is 0 Å². The van der Waals surface area contributed by atoms with E-state index in [1.165, 1.54) is 0 Å². The number of aryl methyl sites for hydroxylation is 1. The molecular formula is C17H19NO2. The molecule has 1 heterocycles. The van der Waals surface area contributed by atoms with E-state index in [1.807, 2.05) is 36.4 Å². The molecule has 0 amide bonds. The summed E-state index contributed by atoms with van der Waals surface area (Å²) in [5, 5.41) is 0. The standard InChI is InChI=1S/C17H19NO2/c1-4-7-14-10-13(12(2)19)11-16(18-14)15-8-5-6-9-17(15)20-3/h5-6,8-11H,4,7H2,1-3H3. The first-order chi connectivity index (χ1) is 9.65. The van der Waals surface area contributed by atoms with Crippen LogP contribution >= 0.6 is 0 Å². The number of carbonyl (C=O) groups excluding carboxylic acids is 1. The van der Waals surface area contributed by atoms with E-state index in [2.05, 4.69) is 11.9 Å². The molecule has 0 saturated carbocycles. The maximum atomic E-state index is 11.7. The van der Waals surface area contributed by atoms with Crippen molar-refractivity contribution in [1.82, 2.24) is 4.98 Å². The van der Waals surface area contributed by atoms with Crippen molar-refractivity contribution in [3.63, 3.8) is 0 Å². The number of hydrogen-bond donors (Lipinski definition) is 0. The first-order valence-electron chi connectivity index (χ1n) is 6.81. The van der Waals surface area contributed by atoms with Crippen LogP contribution in [0.1, 0.15) is 36.3 Å². The molecule has 0 aliphatic heterocycles. The summed E-state index contributed by atoms with van der Waals surface area (Å²) in [6.07, 6.45) is 1.86. The molecule has 1 aromatic carbocycles. The lowest BCUT2D eigenvalue weighted by Gasteiger charge is -2.10. The third-order valence-corrected chi connectivity index (χ3v) is 3.17. The summed E-state index contributed by atoms with van der Waals surface area (Å²) in [6, 6.07) is 11.4. The third kappa shape index (κ3) is 3.05. The van der Waals surface area contributed by atoms with E-state index in [9.17, 15) is 4.79 Å². The second kappa shape index (κ2) is 6.33. The Morgan fingerprint density at radius 2 is 2.00 bits per heavy atom. The number of aromatic nitrogens is 1. The smallest absolute Gasteiger partial charge is 0.159 e. The third-order valence-electron chi connectivity index (χ3n) is 3.17. The Morgan fingerprint density at radius 1 is 1.25 bits per heavy atom. The van der Waals surface area contributed by atoms with Crippen molar-refractivity contribution in [2.75, 3.05) is 7.11 Å². The minimum absolute atomic E-state index is 0.0564. The highest BCUT2D eigenvalue weighted by molar-refractivity contribution is 5.95. The van der Waals surface area contributed by atoms with E-state index in [4.69, 9.17) is 4.74 Å². The molecule has 0 fully saturated rings. The van der Waals surface area contributed by atoms with E-state index >= 15 is 0 Å². The van der Waals surface area contributed by atoms with Gasteiger partial charge in [-0.1, -0.05) is 25.5 Å². The first kappa shape index (κ1) is 14.3. The Bertz CT molecular complexity index is 620. The quantitative estimate of drug-likeness (QED) is 0.772. The fourth-order valence-electron chi connectivity index (χ4n) is 2.17. The van der Waals surface area contributed by atoms with E-state index in [1.54, 1.807) is 14.0 Å². The van der Waals surface area contributed by atoms with Gasteiger partial charge in [0.1, 0.15) is 5.75 Å². The fraction of sp³-hybridized carbons (Fsp3) is 0.294. The predicted octanol–water partition coefficient (Wildman–Crippen LogP) is 3.91. The van der Waals surface area contributed by atoms with Crippen LogP contribution in [-0.2, 0) is 6.42 Å². The fourth-order valence-corrected chi connectivity index (χ4v) is 2.17. The lowest BCUT2D eigenvalue weighted by Crippen LogP contribution is -2.00. The van der Waals surface area contributed by atoms with Crippen LogP contribution < -0.4 is 4.74 Å². The van der Waals surface area contributed by atoms with Gasteiger partial charge >= 0.3 is 0 Å². The number of hydrogen-bond acceptors (Lipinski definition) is 3. The number of ketones is 1. The van der Waals surface area contributed by atoms with Gasteiger partial charge in [0.15, 0.2) is 5.78 Å². The number of ether oxygens (including phenoxy) is 1. The van der Waals surface area contributed by atoms with Crippen molar-refractivity contribution in [3.05, 3.63) is 47.7 Å². The molecule has 0 N–H and O–H groups in total. The lowest BCUT2D eigenvalue weighted by molar-refractivity contribution is 0.101. The van der Waals surface area contributed by atoms with Gasteiger partial charge < -0.3 is 4.74 Å². The summed E-state index contributed by atoms with van der Waals surface area (Å²) in [5.41, 5.74) is 3.35. The Labute approximate surface area is 119 Å². The maximum absolute atomic E-state index is 11.7. The van der Waals surface area contributed by atoms with Gasteiger partial charge in [0, 0.05) is 16.8 Å². The molecule has 0 unspecified atom stereocenters. The Morgan fingerprint density at radius 3 is 2.65 bits per heavy atom. The summed E-state index contributed by atoms with van der Waals surface area (Å²) >= 11 is 0. The zero-order valence-electron chi connectivity index (χ0n) is 12.1. The highest BCUT2D eigenvalue weighted by Gasteiger charge is 2.11. The van der Waals surface area contributed by atoms with Crippen LogP contribution in [0, 0.1) is 0 Å². The molecule has 0 atom stereocenters. The Kier molecular flexibility index (Phi) is 4.51. The van der Waals surface area contributed by atoms with E-state index in [0.29, 0.717) is 5.56 Å². The molecule has 0 spiro atoms. The van der Waals surface area contributed by atoms with Crippen LogP contribution in [0.25, 0.3) is 11.3 Å². The average Bonchev–Trinajstić information content (AvgIpc) is 2.47. The first-order valence-corrected chi connectivity index (χ1v) is 6.81. The van der Waals surface area contributed by atoms with E-state index < -0.39 is 0 Å². The van der Waals surface area contributed by atoms with Gasteiger partial charge in [-0.2, -0.15) is 0 Å². The van der Waals surface area contributed by atoms with Crippen LogP contribution in [-0.4, -0.2) is 17.9 Å². The maximum Gasteiger partial charge on any atom is 0.159 e. The molecule has 0 radical (unpaired) electrons. The monoisotopic (exact) mass is 269 g/mol. The van der Waals surface area contributed by atoms with E-state index in [0.717, 1.165) is 35.5 Å². The van der Waals surface area contributed by atoms with Gasteiger partial charge in [-0.3, -0.25) is 9.78 Å². The topological polar surface area (TPSA) is 39.2 Å². The van der Waals surface area contributed by atoms with Gasteiger partial charge in [0.2, 0.25) is 0 Å². The second-order valence-corrected chi connectivity index (χ2v) is 4.74. The molecule has 1 aromatic heterocycles. The minimum Gasteiger partial charge on any atom is -0.496 e. The highest BCUT2D eigenvalue weighted by Crippen LogP contribution is 2.29. The number of para-hydroxylation sites is 1. The zero-order chi connectivity index (χ0) is 14.5. The van der Waals surface area contributed by atoms with Crippen LogP contribution in [0.4, 0.5) is 0 Å². The van der Waals surface area contributed by atoms with Gasteiger partial charge in [0.25, 0.3) is 0 Å². The molecule has 0 aliphatic rings. The normalized spacial score (nSPS) is 10.3. The summed E-state index contributed by atoms with van der Waals surface area (Å²) < 4.78 is 5.38. The molecule has 2 aromatic rings. The minimum atomic E-state index is 0.0564. The van der Waals surface area contributed by atoms with Gasteiger partial charge in [-0.15, -0.1) is 0 Å². The number of carbonyl (C=O) groups is 1. The Hall–Kier alpha value is -2.16. The number of benzene rings is 1. The van der Waals surface area contributed by atoms with Crippen molar-refractivity contribution in [3.8, 4) is 17.0 Å². The van der Waals surface area contributed by atoms with Crippen molar-refractivity contribution < 1.29 is 9.53 Å². The van der Waals surface area contributed by atoms with Crippen molar-refractivity contribution in [1.29, 1.82) is 0 Å². The molecule has 3 heteroatoms. The molecule has 0 aliphatic carbocycles. The second-order valence-electron chi connectivity index (χ2n) is 4.74. The van der Waals surface area contributed by atoms with Crippen molar-refractivity contribution in [2.24, 2.45) is 0 Å². The number of nitrogens with zero attached hydrogens (tertiary/aromatic N) is 1. The highest BCUT2D eigenvalue weighted by atomic mass is 16.5. The summed E-state index contributed by atoms with van der Waals surface area (Å²) in [5.74, 6) is 0.823. The number of rotatable bonds is 5. The predicted molar refractivity (Wildman–Crippen MR) is 80.2 cm³/mol. The van der Waals surface area contributed by atoms with Crippen LogP contribution in [0.2, 0.25) is 0 Å². The summed E-state index contributed by atoms with van der Waals surface area (Å²) in [6.45, 7) is 3.68. The van der Waals surface area contributed by atoms with Gasteiger partial charge in [-0.25, -0.2) is 0 Å². The largest absolute Gasteiger partial charge is 0.496 e. The Balaban J connectivity index is 2.57. The average molecular weight is 269 g/mol. The molecular weight excluding hydrogens is 250 g/mol. The lowest BCUT2D eigenvalue weighted by atomic mass is 10.0. The SMILES string of the molecule is CCCc1cc(C(C)=O)cc(-c2ccccc2OC)n1. The van der Waals surface area contributed by atoms with Crippen molar-refractivity contribution >= 4 is 5.78 Å². The molecule has 104 valence electrons. The number of Topliss-reactive ketones (excluding diaryl/α,β-unsaturated/α-hetero) is 1. The van der Waals surface area contributed by atoms with Gasteiger partial charge in [0.05, 0.1) is 12.8 Å². The zero-order valence-corrected chi connectivity index (χ0v) is 12.1.